The number of nitrogens with one attached hydrogen (secondary N) is 1. The summed E-state index contributed by atoms with van der Waals surface area (Å²) >= 11 is 3.68. The van der Waals surface area contributed by atoms with Crippen molar-refractivity contribution < 1.29 is 0 Å². The van der Waals surface area contributed by atoms with Crippen LogP contribution in [0.25, 0.3) is 10.2 Å². The molecule has 1 unspecified atom stereocenters. The van der Waals surface area contributed by atoms with Crippen molar-refractivity contribution in [1.82, 2.24) is 9.97 Å². The molecular formula is C12H17N5S2. The Bertz CT molecular complexity index is 591. The number of anilines is 2. The van der Waals surface area contributed by atoms with Crippen LogP contribution in [0.3, 0.4) is 0 Å². The summed E-state index contributed by atoms with van der Waals surface area (Å²) in [7, 11) is 2.12. The largest absolute Gasteiger partial charge is 0.355 e. The molecule has 1 saturated heterocycles. The van der Waals surface area contributed by atoms with Gasteiger partial charge in [-0.05, 0) is 25.2 Å². The first-order valence-corrected chi connectivity index (χ1v) is 8.21. The van der Waals surface area contributed by atoms with Crippen molar-refractivity contribution in [3.8, 4) is 0 Å². The van der Waals surface area contributed by atoms with Gasteiger partial charge in [-0.1, -0.05) is 0 Å². The fraction of sp³-hybridized carbons (Fsp3) is 0.500. The first kappa shape index (κ1) is 13.0. The molecule has 1 aliphatic heterocycles. The minimum absolute atomic E-state index is 0.488. The lowest BCUT2D eigenvalue weighted by atomic mass is 10.2. The molecule has 1 atom stereocenters. The highest BCUT2D eigenvalue weighted by Crippen LogP contribution is 2.34. The molecule has 7 heteroatoms. The summed E-state index contributed by atoms with van der Waals surface area (Å²) in [6, 6.07) is 2.71. The standard InChI is InChI=1S/C12H17N5S2/c1-7-5-9-10(17(2)8-3-4-18-6-8)14-12(16-13)15-11(9)19-7/h5,8H,3-4,6,13H2,1-2H3,(H,14,15,16). The van der Waals surface area contributed by atoms with Crippen LogP contribution in [-0.2, 0) is 0 Å². The molecule has 19 heavy (non-hydrogen) atoms. The van der Waals surface area contributed by atoms with Crippen LogP contribution in [0.15, 0.2) is 6.07 Å². The Labute approximate surface area is 120 Å². The van der Waals surface area contributed by atoms with Crippen molar-refractivity contribution in [2.45, 2.75) is 19.4 Å². The van der Waals surface area contributed by atoms with Crippen LogP contribution >= 0.6 is 23.1 Å². The van der Waals surface area contributed by atoms with Crippen molar-refractivity contribution in [2.75, 3.05) is 28.9 Å². The second-order valence-corrected chi connectivity index (χ2v) is 7.10. The molecule has 3 heterocycles. The number of thioether (sulfide) groups is 1. The molecule has 2 aromatic heterocycles. The van der Waals surface area contributed by atoms with Crippen LogP contribution < -0.4 is 16.2 Å². The number of hydrogen-bond acceptors (Lipinski definition) is 7. The summed E-state index contributed by atoms with van der Waals surface area (Å²) in [4.78, 5) is 13.5. The van der Waals surface area contributed by atoms with Gasteiger partial charge in [-0.3, -0.25) is 5.43 Å². The second kappa shape index (κ2) is 5.15. The minimum atomic E-state index is 0.488. The molecule has 5 nitrogen and oxygen atoms in total. The van der Waals surface area contributed by atoms with E-state index >= 15 is 0 Å². The van der Waals surface area contributed by atoms with Gasteiger partial charge in [-0.2, -0.15) is 16.7 Å². The van der Waals surface area contributed by atoms with E-state index in [4.69, 9.17) is 5.84 Å². The van der Waals surface area contributed by atoms with E-state index < -0.39 is 0 Å². The number of nitrogen functional groups attached to an aromatic ring is 1. The van der Waals surface area contributed by atoms with Gasteiger partial charge in [-0.15, -0.1) is 11.3 Å². The van der Waals surface area contributed by atoms with Crippen molar-refractivity contribution in [1.29, 1.82) is 0 Å². The summed E-state index contributed by atoms with van der Waals surface area (Å²) < 4.78 is 0. The summed E-state index contributed by atoms with van der Waals surface area (Å²) in [6.07, 6.45) is 1.21. The summed E-state index contributed by atoms with van der Waals surface area (Å²) in [5.74, 6) is 9.34. The minimum Gasteiger partial charge on any atom is -0.355 e. The van der Waals surface area contributed by atoms with E-state index in [2.05, 4.69) is 40.3 Å². The van der Waals surface area contributed by atoms with Crippen LogP contribution in [0.5, 0.6) is 0 Å². The second-order valence-electron chi connectivity index (χ2n) is 4.72. The van der Waals surface area contributed by atoms with E-state index in [1.54, 1.807) is 11.3 Å². The Morgan fingerprint density at radius 3 is 3.00 bits per heavy atom. The first-order valence-electron chi connectivity index (χ1n) is 6.24. The van der Waals surface area contributed by atoms with Gasteiger partial charge in [0.2, 0.25) is 5.95 Å². The lowest BCUT2D eigenvalue weighted by molar-refractivity contribution is 0.694. The molecule has 0 spiro atoms. The predicted octanol–water partition coefficient (Wildman–Crippen LogP) is 2.23. The molecule has 0 radical (unpaired) electrons. The van der Waals surface area contributed by atoms with Crippen molar-refractivity contribution >= 4 is 45.1 Å². The third kappa shape index (κ3) is 2.37. The highest BCUT2D eigenvalue weighted by Gasteiger charge is 2.23. The normalized spacial score (nSPS) is 19.0. The molecule has 0 aromatic carbocycles. The molecule has 0 amide bonds. The maximum Gasteiger partial charge on any atom is 0.240 e. The average Bonchev–Trinajstić information content (AvgIpc) is 3.04. The predicted molar refractivity (Wildman–Crippen MR) is 84.1 cm³/mol. The Balaban J connectivity index is 2.09. The van der Waals surface area contributed by atoms with E-state index in [0.29, 0.717) is 12.0 Å². The van der Waals surface area contributed by atoms with Gasteiger partial charge >= 0.3 is 0 Å². The third-order valence-electron chi connectivity index (χ3n) is 3.41. The van der Waals surface area contributed by atoms with E-state index in [-0.39, 0.29) is 0 Å². The Morgan fingerprint density at radius 1 is 1.47 bits per heavy atom. The topological polar surface area (TPSA) is 67.1 Å². The fourth-order valence-corrected chi connectivity index (χ4v) is 4.50. The highest BCUT2D eigenvalue weighted by molar-refractivity contribution is 7.99. The monoisotopic (exact) mass is 295 g/mol. The van der Waals surface area contributed by atoms with Crippen LogP contribution in [-0.4, -0.2) is 34.6 Å². The van der Waals surface area contributed by atoms with Crippen molar-refractivity contribution in [2.24, 2.45) is 5.84 Å². The smallest absolute Gasteiger partial charge is 0.240 e. The number of thiophene rings is 1. The maximum absolute atomic E-state index is 5.48. The lowest BCUT2D eigenvalue weighted by Crippen LogP contribution is -2.32. The lowest BCUT2D eigenvalue weighted by Gasteiger charge is -2.25. The zero-order valence-electron chi connectivity index (χ0n) is 11.0. The van der Waals surface area contributed by atoms with E-state index in [0.717, 1.165) is 21.8 Å². The summed E-state index contributed by atoms with van der Waals surface area (Å²) in [5.41, 5.74) is 2.57. The molecule has 1 fully saturated rings. The summed E-state index contributed by atoms with van der Waals surface area (Å²) in [5, 5.41) is 1.13. The summed E-state index contributed by atoms with van der Waals surface area (Å²) in [6.45, 7) is 2.09. The van der Waals surface area contributed by atoms with Gasteiger partial charge in [-0.25, -0.2) is 10.8 Å². The van der Waals surface area contributed by atoms with Crippen LogP contribution in [0.2, 0.25) is 0 Å². The zero-order chi connectivity index (χ0) is 13.4. The van der Waals surface area contributed by atoms with Gasteiger partial charge in [0, 0.05) is 23.7 Å². The number of rotatable bonds is 3. The van der Waals surface area contributed by atoms with Crippen molar-refractivity contribution in [3.63, 3.8) is 0 Å². The Kier molecular flexibility index (Phi) is 3.51. The third-order valence-corrected chi connectivity index (χ3v) is 5.50. The number of nitrogens with zero attached hydrogens (tertiary/aromatic N) is 3. The first-order chi connectivity index (χ1) is 9.19. The average molecular weight is 295 g/mol. The van der Waals surface area contributed by atoms with E-state index in [1.165, 1.54) is 17.1 Å². The molecule has 1 aliphatic rings. The molecule has 3 N–H and O–H groups in total. The zero-order valence-corrected chi connectivity index (χ0v) is 12.6. The van der Waals surface area contributed by atoms with Crippen LogP contribution in [0.1, 0.15) is 11.3 Å². The number of aromatic nitrogens is 2. The number of fused-ring (bicyclic) bond motifs is 1. The SMILES string of the molecule is Cc1cc2c(N(C)C3CCSC3)nc(NN)nc2s1. The molecule has 0 bridgehead atoms. The van der Waals surface area contributed by atoms with Gasteiger partial charge in [0.15, 0.2) is 0 Å². The van der Waals surface area contributed by atoms with Gasteiger partial charge in [0.25, 0.3) is 0 Å². The number of hydrazine groups is 1. The van der Waals surface area contributed by atoms with E-state index in [9.17, 15) is 0 Å². The Morgan fingerprint density at radius 2 is 2.32 bits per heavy atom. The number of nitrogens with two attached hydrogens (primary N) is 1. The molecule has 0 aliphatic carbocycles. The van der Waals surface area contributed by atoms with Crippen LogP contribution in [0, 0.1) is 6.92 Å². The van der Waals surface area contributed by atoms with E-state index in [1.807, 2.05) is 11.8 Å². The van der Waals surface area contributed by atoms with Crippen molar-refractivity contribution in [3.05, 3.63) is 10.9 Å². The number of hydrogen-bond donors (Lipinski definition) is 2. The fourth-order valence-electron chi connectivity index (χ4n) is 2.36. The highest BCUT2D eigenvalue weighted by atomic mass is 32.2. The quantitative estimate of drug-likeness (QED) is 0.668. The molecule has 0 saturated carbocycles. The number of aryl methyl sites for hydroxylation is 1. The maximum atomic E-state index is 5.48. The molecule has 102 valence electrons. The molecule has 3 rings (SSSR count). The molecule has 2 aromatic rings. The van der Waals surface area contributed by atoms with Crippen LogP contribution in [0.4, 0.5) is 11.8 Å². The van der Waals surface area contributed by atoms with Gasteiger partial charge < -0.3 is 4.90 Å². The molecular weight excluding hydrogens is 278 g/mol. The Hall–Kier alpha value is -1.05. The van der Waals surface area contributed by atoms with Gasteiger partial charge in [0.1, 0.15) is 10.6 Å². The van der Waals surface area contributed by atoms with Gasteiger partial charge in [0.05, 0.1) is 5.39 Å².